The van der Waals surface area contributed by atoms with Crippen molar-refractivity contribution < 1.29 is 18.7 Å². The van der Waals surface area contributed by atoms with Crippen molar-refractivity contribution in [2.24, 2.45) is 5.41 Å². The average molecular weight is 758 g/mol. The van der Waals surface area contributed by atoms with Gasteiger partial charge in [-0.2, -0.15) is 0 Å². The molecule has 1 aliphatic rings. The molecule has 2 amide bonds. The van der Waals surface area contributed by atoms with E-state index in [1.807, 2.05) is 62.5 Å². The lowest BCUT2D eigenvalue weighted by molar-refractivity contribution is -0.137. The monoisotopic (exact) mass is 756 g/mol. The fourth-order valence-corrected chi connectivity index (χ4v) is 6.08. The molecule has 11 nitrogen and oxygen atoms in total. The Labute approximate surface area is 315 Å². The van der Waals surface area contributed by atoms with Crippen molar-refractivity contribution in [1.82, 2.24) is 14.5 Å². The van der Waals surface area contributed by atoms with Crippen LogP contribution in [-0.4, -0.2) is 60.1 Å². The first kappa shape index (κ1) is 40.8. The molecule has 0 unspecified atom stereocenters. The largest absolute Gasteiger partial charge is 0.493 e. The Morgan fingerprint density at radius 3 is 2.37 bits per heavy atom. The van der Waals surface area contributed by atoms with Crippen LogP contribution in [0.5, 0.6) is 5.75 Å². The Balaban J connectivity index is 0.00000234. The highest BCUT2D eigenvalue weighted by Crippen LogP contribution is 2.40. The highest BCUT2D eigenvalue weighted by atomic mass is 35.5. The summed E-state index contributed by atoms with van der Waals surface area (Å²) in [5.74, 6) is 0.819. The molecule has 0 saturated carbocycles. The second-order valence-electron chi connectivity index (χ2n) is 12.5. The minimum Gasteiger partial charge on any atom is -0.493 e. The SMILES string of the molecule is CCN1C(=O)C(C)(C)C(=O)N(C)c2cc(OCCCN(C)c3ccnc(CCn4ccc5oc(-c6ccncc6)cc5c4=O)c3)ccc21.Cl.Cl.Cl. The number of benzene rings is 1. The molecule has 272 valence electrons. The first-order valence-electron chi connectivity index (χ1n) is 16.1. The van der Waals surface area contributed by atoms with Crippen molar-refractivity contribution in [2.75, 3.05) is 48.5 Å². The Morgan fingerprint density at radius 2 is 1.65 bits per heavy atom. The minimum atomic E-state index is -1.15. The Morgan fingerprint density at radius 1 is 0.902 bits per heavy atom. The fourth-order valence-electron chi connectivity index (χ4n) is 6.08. The number of amides is 2. The summed E-state index contributed by atoms with van der Waals surface area (Å²) < 4.78 is 13.7. The van der Waals surface area contributed by atoms with Gasteiger partial charge in [-0.15, -0.1) is 37.2 Å². The van der Waals surface area contributed by atoms with Crippen LogP contribution in [0.1, 0.15) is 32.9 Å². The van der Waals surface area contributed by atoms with Gasteiger partial charge in [-0.3, -0.25) is 24.4 Å². The van der Waals surface area contributed by atoms with E-state index in [0.29, 0.717) is 60.0 Å². The lowest BCUT2D eigenvalue weighted by Crippen LogP contribution is -2.47. The van der Waals surface area contributed by atoms with E-state index in [9.17, 15) is 14.4 Å². The van der Waals surface area contributed by atoms with Crippen molar-refractivity contribution in [3.05, 3.63) is 95.4 Å². The van der Waals surface area contributed by atoms with E-state index in [1.54, 1.807) is 66.1 Å². The van der Waals surface area contributed by atoms with Gasteiger partial charge in [-0.25, -0.2) is 0 Å². The van der Waals surface area contributed by atoms with Crippen molar-refractivity contribution in [3.63, 3.8) is 0 Å². The molecule has 51 heavy (non-hydrogen) atoms. The standard InChI is InChI=1S/C37H40N6O5.3ClH/c1-6-43-30-9-8-28(23-31(30)41(5)35(45)37(2,3)36(43)46)47-21-7-18-40(4)27-12-17-39-26(22-27)13-19-42-20-14-32-29(34(42)44)24-33(48-32)25-10-15-38-16-11-25;;;/h8-12,14-17,20,22-24H,6-7,13,18-19,21H2,1-5H3;3*1H. The number of nitrogens with zero attached hydrogens (tertiary/aromatic N) is 6. The summed E-state index contributed by atoms with van der Waals surface area (Å²) in [7, 11) is 3.73. The van der Waals surface area contributed by atoms with Crippen LogP contribution in [0, 0.1) is 5.41 Å². The molecule has 0 spiro atoms. The number of carbonyl (C=O) groups excluding carboxylic acids is 2. The summed E-state index contributed by atoms with van der Waals surface area (Å²) in [6, 6.07) is 16.9. The maximum absolute atomic E-state index is 13.2. The third-order valence-corrected chi connectivity index (χ3v) is 8.91. The zero-order valence-electron chi connectivity index (χ0n) is 29.2. The molecule has 0 radical (unpaired) electrons. The molecule has 4 aromatic heterocycles. The molecule has 0 atom stereocenters. The van der Waals surface area contributed by atoms with Gasteiger partial charge in [0, 0.05) is 87.9 Å². The van der Waals surface area contributed by atoms with Crippen LogP contribution in [0.3, 0.4) is 0 Å². The lowest BCUT2D eigenvalue weighted by atomic mass is 9.90. The molecular weight excluding hydrogens is 715 g/mol. The molecule has 1 aromatic carbocycles. The fraction of sp³-hybridized carbons (Fsp3) is 0.324. The van der Waals surface area contributed by atoms with E-state index in [4.69, 9.17) is 9.15 Å². The third-order valence-electron chi connectivity index (χ3n) is 8.91. The molecule has 14 heteroatoms. The van der Waals surface area contributed by atoms with Crippen molar-refractivity contribution in [2.45, 2.75) is 40.2 Å². The van der Waals surface area contributed by atoms with E-state index in [2.05, 4.69) is 14.9 Å². The number of ether oxygens (including phenoxy) is 1. The van der Waals surface area contributed by atoms with E-state index >= 15 is 0 Å². The molecule has 5 aromatic rings. The number of halogens is 3. The predicted octanol–water partition coefficient (Wildman–Crippen LogP) is 6.82. The van der Waals surface area contributed by atoms with Crippen LogP contribution in [0.15, 0.2) is 88.6 Å². The first-order valence-corrected chi connectivity index (χ1v) is 16.1. The van der Waals surface area contributed by atoms with E-state index < -0.39 is 5.41 Å². The summed E-state index contributed by atoms with van der Waals surface area (Å²) in [4.78, 5) is 53.4. The number of aryl methyl sites for hydroxylation is 2. The molecule has 0 N–H and O–H groups in total. The van der Waals surface area contributed by atoms with E-state index in [1.165, 1.54) is 0 Å². The smallest absolute Gasteiger partial charge is 0.261 e. The number of hydrogen-bond donors (Lipinski definition) is 0. The Kier molecular flexibility index (Phi) is 13.7. The Hall–Kier alpha value is -4.58. The van der Waals surface area contributed by atoms with Gasteiger partial charge in [-0.1, -0.05) is 0 Å². The van der Waals surface area contributed by atoms with Gasteiger partial charge >= 0.3 is 0 Å². The second-order valence-corrected chi connectivity index (χ2v) is 12.5. The van der Waals surface area contributed by atoms with Gasteiger partial charge in [0.25, 0.3) is 5.56 Å². The first-order chi connectivity index (χ1) is 23.1. The quantitative estimate of drug-likeness (QED) is 0.107. The zero-order valence-corrected chi connectivity index (χ0v) is 31.6. The van der Waals surface area contributed by atoms with Crippen molar-refractivity contribution >= 4 is 77.1 Å². The average Bonchev–Trinajstić information content (AvgIpc) is 3.54. The predicted molar refractivity (Wildman–Crippen MR) is 208 cm³/mol. The highest BCUT2D eigenvalue weighted by molar-refractivity contribution is 6.20. The molecule has 6 rings (SSSR count). The van der Waals surface area contributed by atoms with Crippen LogP contribution in [-0.2, 0) is 22.6 Å². The number of fused-ring (bicyclic) bond motifs is 2. The molecule has 1 aliphatic heterocycles. The van der Waals surface area contributed by atoms with Crippen molar-refractivity contribution in [3.8, 4) is 17.1 Å². The lowest BCUT2D eigenvalue weighted by Gasteiger charge is -2.27. The zero-order chi connectivity index (χ0) is 34.0. The molecular formula is C37H43Cl3N6O5. The van der Waals surface area contributed by atoms with Crippen LogP contribution >= 0.6 is 37.2 Å². The second kappa shape index (κ2) is 17.1. The molecule has 0 fully saturated rings. The maximum Gasteiger partial charge on any atom is 0.261 e. The van der Waals surface area contributed by atoms with Crippen LogP contribution < -0.4 is 25.0 Å². The number of hydrogen-bond acceptors (Lipinski definition) is 8. The van der Waals surface area contributed by atoms with Gasteiger partial charge in [-0.05, 0) is 75.7 Å². The number of carbonyl (C=O) groups is 2. The highest BCUT2D eigenvalue weighted by Gasteiger charge is 2.45. The maximum atomic E-state index is 13.2. The normalized spacial score (nSPS) is 13.4. The molecule has 0 bridgehead atoms. The van der Waals surface area contributed by atoms with Crippen LogP contribution in [0.25, 0.3) is 22.3 Å². The number of rotatable bonds is 11. The molecule has 5 heterocycles. The Bertz CT molecular complexity index is 2030. The molecule has 0 saturated heterocycles. The summed E-state index contributed by atoms with van der Waals surface area (Å²) in [6.07, 6.45) is 8.30. The third kappa shape index (κ3) is 8.32. The number of aromatic nitrogens is 3. The summed E-state index contributed by atoms with van der Waals surface area (Å²) in [5, 5.41) is 0.543. The van der Waals surface area contributed by atoms with Gasteiger partial charge < -0.3 is 28.4 Å². The number of anilines is 3. The minimum absolute atomic E-state index is 0. The number of pyridine rings is 3. The summed E-state index contributed by atoms with van der Waals surface area (Å²) >= 11 is 0. The van der Waals surface area contributed by atoms with Crippen LogP contribution in [0.2, 0.25) is 0 Å². The summed E-state index contributed by atoms with van der Waals surface area (Å²) in [5.41, 5.74) is 3.44. The van der Waals surface area contributed by atoms with E-state index in [-0.39, 0.29) is 54.6 Å². The van der Waals surface area contributed by atoms with Gasteiger partial charge in [0.15, 0.2) is 0 Å². The summed E-state index contributed by atoms with van der Waals surface area (Å²) in [6.45, 7) is 7.42. The van der Waals surface area contributed by atoms with Crippen molar-refractivity contribution in [1.29, 1.82) is 0 Å². The van der Waals surface area contributed by atoms with Gasteiger partial charge in [0.05, 0.1) is 23.4 Å². The van der Waals surface area contributed by atoms with Crippen LogP contribution in [0.4, 0.5) is 17.1 Å². The number of furan rings is 1. The molecule has 0 aliphatic carbocycles. The van der Waals surface area contributed by atoms with Gasteiger partial charge in [0.1, 0.15) is 22.5 Å². The topological polar surface area (TPSA) is 114 Å². The van der Waals surface area contributed by atoms with E-state index in [0.717, 1.165) is 29.9 Å². The van der Waals surface area contributed by atoms with Gasteiger partial charge in [0.2, 0.25) is 11.8 Å².